The predicted molar refractivity (Wildman–Crippen MR) is 84.7 cm³/mol. The molecule has 1 aromatic heterocycles. The zero-order valence-corrected chi connectivity index (χ0v) is 12.3. The summed E-state index contributed by atoms with van der Waals surface area (Å²) in [6, 6.07) is 11.9. The average molecular weight is 296 g/mol. The fourth-order valence-corrected chi connectivity index (χ4v) is 2.68. The first-order chi connectivity index (χ1) is 10.8. The van der Waals surface area contributed by atoms with E-state index >= 15 is 0 Å². The summed E-state index contributed by atoms with van der Waals surface area (Å²) < 4.78 is 19.1. The summed E-state index contributed by atoms with van der Waals surface area (Å²) in [6.07, 6.45) is 5.28. The molecule has 1 saturated heterocycles. The van der Waals surface area contributed by atoms with Gasteiger partial charge in [0, 0.05) is 19.2 Å². The highest BCUT2D eigenvalue weighted by molar-refractivity contribution is 5.88. The Bertz CT molecular complexity index is 721. The van der Waals surface area contributed by atoms with E-state index in [2.05, 4.69) is 11.0 Å². The minimum absolute atomic E-state index is 0.355. The zero-order valence-electron chi connectivity index (χ0n) is 12.3. The van der Waals surface area contributed by atoms with E-state index in [1.165, 1.54) is 31.4 Å². The number of benzene rings is 1. The van der Waals surface area contributed by atoms with Crippen LogP contribution in [0.25, 0.3) is 11.6 Å². The molecular weight excluding hydrogens is 279 g/mol. The van der Waals surface area contributed by atoms with E-state index in [0.29, 0.717) is 16.9 Å². The van der Waals surface area contributed by atoms with Crippen molar-refractivity contribution < 1.29 is 8.81 Å². The Hall–Kier alpha value is -2.54. The number of furan rings is 1. The van der Waals surface area contributed by atoms with Gasteiger partial charge in [-0.2, -0.15) is 5.26 Å². The number of piperidine rings is 1. The molecule has 1 aliphatic heterocycles. The van der Waals surface area contributed by atoms with Gasteiger partial charge >= 0.3 is 0 Å². The minimum Gasteiger partial charge on any atom is -0.441 e. The number of nitrogens with zero attached hydrogens (tertiary/aromatic N) is 2. The molecule has 0 bridgehead atoms. The van der Waals surface area contributed by atoms with E-state index in [0.717, 1.165) is 19.0 Å². The monoisotopic (exact) mass is 296 g/mol. The van der Waals surface area contributed by atoms with Crippen LogP contribution in [0, 0.1) is 17.1 Å². The summed E-state index contributed by atoms with van der Waals surface area (Å²) in [7, 11) is 0. The lowest BCUT2D eigenvalue weighted by molar-refractivity contribution is 0.496. The molecular formula is C18H17FN2O. The number of halogens is 1. The molecule has 22 heavy (non-hydrogen) atoms. The lowest BCUT2D eigenvalue weighted by atomic mass is 10.1. The first kappa shape index (κ1) is 14.4. The summed E-state index contributed by atoms with van der Waals surface area (Å²) in [6.45, 7) is 2.01. The van der Waals surface area contributed by atoms with Crippen LogP contribution in [0.15, 0.2) is 40.8 Å². The van der Waals surface area contributed by atoms with Crippen LogP contribution in [0.2, 0.25) is 0 Å². The van der Waals surface area contributed by atoms with Crippen LogP contribution in [-0.4, -0.2) is 13.1 Å². The Morgan fingerprint density at radius 1 is 1.18 bits per heavy atom. The standard InChI is InChI=1S/C18H17FN2O/c19-16-6-4-5-14(11-16)15(13-20)12-17-7-8-18(22-17)21-9-2-1-3-10-21/h4-8,11-12H,1-3,9-10H2. The van der Waals surface area contributed by atoms with Gasteiger partial charge < -0.3 is 9.32 Å². The Labute approximate surface area is 129 Å². The summed E-state index contributed by atoms with van der Waals surface area (Å²) in [5.41, 5.74) is 0.942. The summed E-state index contributed by atoms with van der Waals surface area (Å²) >= 11 is 0. The van der Waals surface area contributed by atoms with Gasteiger partial charge in [-0.25, -0.2) is 4.39 Å². The second kappa shape index (κ2) is 6.48. The van der Waals surface area contributed by atoms with Crippen molar-refractivity contribution in [2.24, 2.45) is 0 Å². The Morgan fingerprint density at radius 3 is 2.73 bits per heavy atom. The summed E-state index contributed by atoms with van der Waals surface area (Å²) in [5.74, 6) is 1.09. The summed E-state index contributed by atoms with van der Waals surface area (Å²) in [4.78, 5) is 2.22. The largest absolute Gasteiger partial charge is 0.441 e. The van der Waals surface area contributed by atoms with Crippen molar-refractivity contribution in [3.05, 3.63) is 53.5 Å². The fraction of sp³-hybridized carbons (Fsp3) is 0.278. The van der Waals surface area contributed by atoms with Crippen LogP contribution in [0.3, 0.4) is 0 Å². The van der Waals surface area contributed by atoms with Crippen LogP contribution in [0.1, 0.15) is 30.6 Å². The van der Waals surface area contributed by atoms with Gasteiger partial charge in [0.1, 0.15) is 11.6 Å². The van der Waals surface area contributed by atoms with Gasteiger partial charge in [-0.1, -0.05) is 12.1 Å². The normalized spacial score (nSPS) is 15.6. The van der Waals surface area contributed by atoms with Crippen molar-refractivity contribution in [3.63, 3.8) is 0 Å². The van der Waals surface area contributed by atoms with Gasteiger partial charge in [-0.3, -0.25) is 0 Å². The van der Waals surface area contributed by atoms with Gasteiger partial charge in [0.2, 0.25) is 0 Å². The van der Waals surface area contributed by atoms with E-state index in [4.69, 9.17) is 4.42 Å². The molecule has 2 heterocycles. The van der Waals surface area contributed by atoms with Crippen molar-refractivity contribution in [2.45, 2.75) is 19.3 Å². The highest BCUT2D eigenvalue weighted by Crippen LogP contribution is 2.25. The fourth-order valence-electron chi connectivity index (χ4n) is 2.68. The third-order valence-corrected chi connectivity index (χ3v) is 3.82. The van der Waals surface area contributed by atoms with Crippen molar-refractivity contribution in [1.29, 1.82) is 5.26 Å². The van der Waals surface area contributed by atoms with E-state index in [1.807, 2.05) is 12.1 Å². The molecule has 1 aliphatic rings. The molecule has 0 spiro atoms. The zero-order chi connectivity index (χ0) is 15.4. The maximum absolute atomic E-state index is 13.3. The number of allylic oxidation sites excluding steroid dienone is 1. The quantitative estimate of drug-likeness (QED) is 0.784. The molecule has 0 saturated carbocycles. The lowest BCUT2D eigenvalue weighted by Crippen LogP contribution is -2.28. The molecule has 0 amide bonds. The Kier molecular flexibility index (Phi) is 4.24. The highest BCUT2D eigenvalue weighted by Gasteiger charge is 2.14. The molecule has 0 unspecified atom stereocenters. The third-order valence-electron chi connectivity index (χ3n) is 3.82. The minimum atomic E-state index is -0.355. The number of nitriles is 1. The van der Waals surface area contributed by atoms with E-state index in [-0.39, 0.29) is 5.82 Å². The summed E-state index contributed by atoms with van der Waals surface area (Å²) in [5, 5.41) is 9.29. The molecule has 0 radical (unpaired) electrons. The van der Waals surface area contributed by atoms with Gasteiger partial charge in [0.15, 0.2) is 5.88 Å². The molecule has 3 nitrogen and oxygen atoms in total. The van der Waals surface area contributed by atoms with Crippen molar-refractivity contribution in [1.82, 2.24) is 0 Å². The first-order valence-electron chi connectivity index (χ1n) is 7.49. The van der Waals surface area contributed by atoms with Gasteiger partial charge in [-0.05, 0) is 49.1 Å². The predicted octanol–water partition coefficient (Wildman–Crippen LogP) is 4.47. The molecule has 0 atom stereocenters. The number of hydrogen-bond acceptors (Lipinski definition) is 3. The number of anilines is 1. The first-order valence-corrected chi connectivity index (χ1v) is 7.49. The topological polar surface area (TPSA) is 40.2 Å². The maximum Gasteiger partial charge on any atom is 0.196 e. The third kappa shape index (κ3) is 3.20. The molecule has 1 aromatic carbocycles. The molecule has 112 valence electrons. The average Bonchev–Trinajstić information content (AvgIpc) is 3.02. The van der Waals surface area contributed by atoms with Crippen LogP contribution >= 0.6 is 0 Å². The SMILES string of the molecule is N#CC(=Cc1ccc(N2CCCCC2)o1)c1cccc(F)c1. The van der Waals surface area contributed by atoms with Gasteiger partial charge in [0.25, 0.3) is 0 Å². The van der Waals surface area contributed by atoms with E-state index < -0.39 is 0 Å². The second-order valence-corrected chi connectivity index (χ2v) is 5.40. The van der Waals surface area contributed by atoms with Crippen LogP contribution < -0.4 is 4.90 Å². The van der Waals surface area contributed by atoms with E-state index in [1.54, 1.807) is 18.2 Å². The van der Waals surface area contributed by atoms with Gasteiger partial charge in [-0.15, -0.1) is 0 Å². The van der Waals surface area contributed by atoms with Crippen molar-refractivity contribution in [2.75, 3.05) is 18.0 Å². The van der Waals surface area contributed by atoms with Gasteiger partial charge in [0.05, 0.1) is 11.6 Å². The Balaban J connectivity index is 1.84. The smallest absolute Gasteiger partial charge is 0.196 e. The highest BCUT2D eigenvalue weighted by atomic mass is 19.1. The Morgan fingerprint density at radius 2 is 2.00 bits per heavy atom. The molecule has 0 aliphatic carbocycles. The van der Waals surface area contributed by atoms with Crippen molar-refractivity contribution >= 4 is 17.5 Å². The van der Waals surface area contributed by atoms with Crippen molar-refractivity contribution in [3.8, 4) is 6.07 Å². The molecule has 1 fully saturated rings. The molecule has 2 aromatic rings. The molecule has 0 N–H and O–H groups in total. The number of hydrogen-bond donors (Lipinski definition) is 0. The maximum atomic E-state index is 13.3. The van der Waals surface area contributed by atoms with Crippen LogP contribution in [0.4, 0.5) is 10.3 Å². The van der Waals surface area contributed by atoms with E-state index in [9.17, 15) is 9.65 Å². The lowest BCUT2D eigenvalue weighted by Gasteiger charge is -2.25. The second-order valence-electron chi connectivity index (χ2n) is 5.40. The van der Waals surface area contributed by atoms with Crippen LogP contribution in [0.5, 0.6) is 0 Å². The molecule has 3 rings (SSSR count). The van der Waals surface area contributed by atoms with Crippen LogP contribution in [-0.2, 0) is 0 Å². The number of rotatable bonds is 3. The molecule has 4 heteroatoms.